The Labute approximate surface area is 102 Å². The summed E-state index contributed by atoms with van der Waals surface area (Å²) in [5, 5.41) is 2.84. The zero-order valence-corrected chi connectivity index (χ0v) is 10.8. The van der Waals surface area contributed by atoms with Crippen molar-refractivity contribution in [3.8, 4) is 0 Å². The van der Waals surface area contributed by atoms with Crippen molar-refractivity contribution in [2.45, 2.75) is 33.7 Å². The zero-order chi connectivity index (χ0) is 13.0. The lowest BCUT2D eigenvalue weighted by atomic mass is 9.91. The van der Waals surface area contributed by atoms with Crippen LogP contribution in [0, 0.1) is 12.8 Å². The predicted octanol–water partition coefficient (Wildman–Crippen LogP) is 2.40. The summed E-state index contributed by atoms with van der Waals surface area (Å²) < 4.78 is 0. The second-order valence-electron chi connectivity index (χ2n) is 4.49. The Bertz CT molecular complexity index is 409. The molecule has 0 unspecified atom stereocenters. The van der Waals surface area contributed by atoms with E-state index >= 15 is 0 Å². The summed E-state index contributed by atoms with van der Waals surface area (Å²) in [6.07, 6.45) is 0. The van der Waals surface area contributed by atoms with E-state index in [9.17, 15) is 9.59 Å². The van der Waals surface area contributed by atoms with E-state index in [-0.39, 0.29) is 23.7 Å². The molecule has 0 radical (unpaired) electrons. The van der Waals surface area contributed by atoms with Crippen LogP contribution in [-0.4, -0.2) is 11.7 Å². The number of Topliss-reactive ketones (excluding diaryl/α,β-unsaturated/α-hetero) is 1. The summed E-state index contributed by atoms with van der Waals surface area (Å²) >= 11 is 0. The Morgan fingerprint density at radius 3 is 2.06 bits per heavy atom. The normalized spacial score (nSPS) is 13.9. The third-order valence-corrected chi connectivity index (χ3v) is 2.94. The zero-order valence-electron chi connectivity index (χ0n) is 10.8. The van der Waals surface area contributed by atoms with Gasteiger partial charge in [-0.2, -0.15) is 0 Å². The molecule has 3 nitrogen and oxygen atoms in total. The van der Waals surface area contributed by atoms with Gasteiger partial charge in [-0.25, -0.2) is 0 Å². The first-order valence-corrected chi connectivity index (χ1v) is 5.76. The van der Waals surface area contributed by atoms with Crippen LogP contribution in [0.2, 0.25) is 0 Å². The second kappa shape index (κ2) is 5.62. The molecule has 1 rings (SSSR count). The summed E-state index contributed by atoms with van der Waals surface area (Å²) in [4.78, 5) is 22.7. The Morgan fingerprint density at radius 2 is 1.65 bits per heavy atom. The highest BCUT2D eigenvalue weighted by Gasteiger charge is 2.23. The van der Waals surface area contributed by atoms with Crippen LogP contribution in [0.25, 0.3) is 0 Å². The molecule has 0 fully saturated rings. The number of aryl methyl sites for hydroxylation is 1. The molecule has 0 bridgehead atoms. The van der Waals surface area contributed by atoms with Crippen molar-refractivity contribution in [1.29, 1.82) is 0 Å². The van der Waals surface area contributed by atoms with Gasteiger partial charge in [0.2, 0.25) is 5.91 Å². The molecule has 1 amide bonds. The summed E-state index contributed by atoms with van der Waals surface area (Å²) in [6.45, 7) is 6.86. The number of ketones is 1. The molecular weight excluding hydrogens is 214 g/mol. The third kappa shape index (κ3) is 3.70. The van der Waals surface area contributed by atoms with Crippen LogP contribution in [-0.2, 0) is 9.59 Å². The summed E-state index contributed by atoms with van der Waals surface area (Å²) in [5.41, 5.74) is 2.12. The van der Waals surface area contributed by atoms with E-state index < -0.39 is 0 Å². The van der Waals surface area contributed by atoms with Crippen molar-refractivity contribution in [3.05, 3.63) is 35.4 Å². The molecule has 0 aliphatic rings. The Hall–Kier alpha value is -1.64. The predicted molar refractivity (Wildman–Crippen MR) is 67.6 cm³/mol. The highest BCUT2D eigenvalue weighted by molar-refractivity contribution is 5.80. The highest BCUT2D eigenvalue weighted by Crippen LogP contribution is 2.23. The molecule has 0 aliphatic heterocycles. The summed E-state index contributed by atoms with van der Waals surface area (Å²) in [6, 6.07) is 7.63. The lowest BCUT2D eigenvalue weighted by Gasteiger charge is -2.23. The van der Waals surface area contributed by atoms with Crippen LogP contribution in [0.4, 0.5) is 0 Å². The van der Waals surface area contributed by atoms with Crippen LogP contribution in [0.5, 0.6) is 0 Å². The van der Waals surface area contributed by atoms with E-state index in [0.29, 0.717) is 0 Å². The van der Waals surface area contributed by atoms with Gasteiger partial charge in [0.1, 0.15) is 5.78 Å². The molecule has 92 valence electrons. The average Bonchev–Trinajstić information content (AvgIpc) is 2.26. The number of hydrogen-bond donors (Lipinski definition) is 1. The van der Waals surface area contributed by atoms with Gasteiger partial charge in [0.05, 0.1) is 6.04 Å². The first-order chi connectivity index (χ1) is 7.91. The molecule has 0 aromatic heterocycles. The van der Waals surface area contributed by atoms with Crippen LogP contribution < -0.4 is 5.32 Å². The maximum absolute atomic E-state index is 11.5. The molecule has 0 saturated heterocycles. The number of nitrogens with one attached hydrogen (secondary N) is 1. The largest absolute Gasteiger partial charge is 0.349 e. The number of carbonyl (C=O) groups is 2. The van der Waals surface area contributed by atoms with Crippen molar-refractivity contribution in [2.75, 3.05) is 0 Å². The first kappa shape index (κ1) is 13.4. The van der Waals surface area contributed by atoms with Gasteiger partial charge >= 0.3 is 0 Å². The summed E-state index contributed by atoms with van der Waals surface area (Å²) in [5.74, 6) is -0.269. The van der Waals surface area contributed by atoms with Gasteiger partial charge in [-0.1, -0.05) is 36.8 Å². The molecule has 0 spiro atoms. The standard InChI is InChI=1S/C14H19NO2/c1-9-5-7-13(8-6-9)14(15-12(4)17)10(2)11(3)16/h5-8,10,14H,1-4H3,(H,15,17)/t10-,14-/m0/s1. The van der Waals surface area contributed by atoms with Gasteiger partial charge in [-0.05, 0) is 19.4 Å². The van der Waals surface area contributed by atoms with E-state index in [1.807, 2.05) is 38.1 Å². The molecule has 2 atom stereocenters. The average molecular weight is 233 g/mol. The maximum Gasteiger partial charge on any atom is 0.217 e. The fraction of sp³-hybridized carbons (Fsp3) is 0.429. The third-order valence-electron chi connectivity index (χ3n) is 2.94. The number of benzene rings is 1. The highest BCUT2D eigenvalue weighted by atomic mass is 16.1. The Morgan fingerprint density at radius 1 is 1.12 bits per heavy atom. The topological polar surface area (TPSA) is 46.2 Å². The van der Waals surface area contributed by atoms with E-state index in [2.05, 4.69) is 5.32 Å². The fourth-order valence-electron chi connectivity index (χ4n) is 1.72. The molecule has 1 aromatic carbocycles. The van der Waals surface area contributed by atoms with Crippen LogP contribution in [0.3, 0.4) is 0 Å². The monoisotopic (exact) mass is 233 g/mol. The Kier molecular flexibility index (Phi) is 4.44. The number of carbonyl (C=O) groups excluding carboxylic acids is 2. The molecule has 1 N–H and O–H groups in total. The lowest BCUT2D eigenvalue weighted by molar-refractivity contribution is -0.123. The first-order valence-electron chi connectivity index (χ1n) is 5.76. The van der Waals surface area contributed by atoms with Gasteiger partial charge < -0.3 is 5.32 Å². The van der Waals surface area contributed by atoms with Crippen molar-refractivity contribution in [1.82, 2.24) is 5.32 Å². The van der Waals surface area contributed by atoms with Crippen molar-refractivity contribution in [3.63, 3.8) is 0 Å². The molecule has 0 heterocycles. The Balaban J connectivity index is 3.01. The van der Waals surface area contributed by atoms with Gasteiger partial charge in [-0.15, -0.1) is 0 Å². The number of amides is 1. The molecule has 17 heavy (non-hydrogen) atoms. The molecule has 1 aromatic rings. The number of hydrogen-bond acceptors (Lipinski definition) is 2. The van der Waals surface area contributed by atoms with Gasteiger partial charge in [0.15, 0.2) is 0 Å². The van der Waals surface area contributed by atoms with E-state index in [1.165, 1.54) is 6.92 Å². The molecule has 0 aliphatic carbocycles. The minimum atomic E-state index is -0.245. The van der Waals surface area contributed by atoms with Crippen LogP contribution in [0.1, 0.15) is 37.9 Å². The van der Waals surface area contributed by atoms with Gasteiger partial charge in [0.25, 0.3) is 0 Å². The molecule has 3 heteroatoms. The van der Waals surface area contributed by atoms with Crippen molar-refractivity contribution >= 4 is 11.7 Å². The van der Waals surface area contributed by atoms with Gasteiger partial charge in [0, 0.05) is 12.8 Å². The minimum absolute atomic E-state index is 0.0734. The van der Waals surface area contributed by atoms with E-state index in [0.717, 1.165) is 11.1 Å². The van der Waals surface area contributed by atoms with Crippen LogP contribution in [0.15, 0.2) is 24.3 Å². The minimum Gasteiger partial charge on any atom is -0.349 e. The lowest BCUT2D eigenvalue weighted by Crippen LogP contribution is -2.33. The van der Waals surface area contributed by atoms with Crippen LogP contribution >= 0.6 is 0 Å². The quantitative estimate of drug-likeness (QED) is 0.868. The van der Waals surface area contributed by atoms with Crippen molar-refractivity contribution in [2.24, 2.45) is 5.92 Å². The van der Waals surface area contributed by atoms with E-state index in [1.54, 1.807) is 6.92 Å². The fourth-order valence-corrected chi connectivity index (χ4v) is 1.72. The second-order valence-corrected chi connectivity index (χ2v) is 4.49. The smallest absolute Gasteiger partial charge is 0.217 e. The summed E-state index contributed by atoms with van der Waals surface area (Å²) in [7, 11) is 0. The van der Waals surface area contributed by atoms with Gasteiger partial charge in [-0.3, -0.25) is 9.59 Å². The molecular formula is C14H19NO2. The van der Waals surface area contributed by atoms with Crippen molar-refractivity contribution < 1.29 is 9.59 Å². The maximum atomic E-state index is 11.5. The number of rotatable bonds is 4. The van der Waals surface area contributed by atoms with E-state index in [4.69, 9.17) is 0 Å². The molecule has 0 saturated carbocycles. The SMILES string of the molecule is CC(=O)N[C@H](c1ccc(C)cc1)[C@@H](C)C(C)=O.